The molecule has 0 saturated heterocycles. The van der Waals surface area contributed by atoms with E-state index in [2.05, 4.69) is 14.8 Å². The summed E-state index contributed by atoms with van der Waals surface area (Å²) < 4.78 is 31.2. The fraction of sp³-hybridized carbons (Fsp3) is 0.417. The smallest absolute Gasteiger partial charge is 0.337 e. The van der Waals surface area contributed by atoms with Crippen molar-refractivity contribution >= 4 is 40.0 Å². The Morgan fingerprint density at radius 3 is 2.52 bits per heavy atom. The molecule has 0 spiro atoms. The zero-order valence-electron chi connectivity index (χ0n) is 11.8. The third-order valence-corrected chi connectivity index (χ3v) is 4.30. The van der Waals surface area contributed by atoms with Crippen LogP contribution in [0.15, 0.2) is 23.1 Å². The summed E-state index contributed by atoms with van der Waals surface area (Å²) in [6.07, 6.45) is 0. The molecule has 0 aliphatic rings. The Morgan fingerprint density at radius 2 is 2.00 bits per heavy atom. The van der Waals surface area contributed by atoms with Gasteiger partial charge in [-0.2, -0.15) is 0 Å². The topological polar surface area (TPSA) is 84.5 Å². The minimum absolute atomic E-state index is 0. The van der Waals surface area contributed by atoms with E-state index in [-0.39, 0.29) is 40.5 Å². The molecule has 0 aliphatic heterocycles. The van der Waals surface area contributed by atoms with Crippen LogP contribution >= 0.6 is 24.0 Å². The van der Waals surface area contributed by atoms with Crippen LogP contribution in [0.1, 0.15) is 17.3 Å². The quantitative estimate of drug-likeness (QED) is 0.753. The van der Waals surface area contributed by atoms with E-state index in [4.69, 9.17) is 11.6 Å². The van der Waals surface area contributed by atoms with Gasteiger partial charge in [-0.25, -0.2) is 17.9 Å². The number of ether oxygens (including phenoxy) is 1. The fourth-order valence-corrected chi connectivity index (χ4v) is 2.87. The van der Waals surface area contributed by atoms with Crippen LogP contribution in [0.25, 0.3) is 0 Å². The standard InChI is InChI=1S/C12H17ClN2O4S.ClH/c1-8(14-2)7-15-20(17,18)11-5-9(12(16)19-3)4-10(13)6-11;/h4-6,8,14-15H,7H2,1-3H3;1H. The molecule has 1 aromatic carbocycles. The Hall–Kier alpha value is -0.860. The number of methoxy groups -OCH3 is 1. The number of rotatable bonds is 6. The second kappa shape index (κ2) is 8.55. The van der Waals surface area contributed by atoms with Crippen LogP contribution in [0.4, 0.5) is 0 Å². The van der Waals surface area contributed by atoms with Gasteiger partial charge in [-0.05, 0) is 32.2 Å². The number of halogens is 2. The molecular formula is C12H18Cl2N2O4S. The number of hydrogen-bond acceptors (Lipinski definition) is 5. The Balaban J connectivity index is 0.00000400. The molecule has 1 aromatic rings. The molecule has 0 bridgehead atoms. The highest BCUT2D eigenvalue weighted by molar-refractivity contribution is 7.89. The van der Waals surface area contributed by atoms with Gasteiger partial charge in [-0.15, -0.1) is 12.4 Å². The van der Waals surface area contributed by atoms with Crippen molar-refractivity contribution in [3.05, 3.63) is 28.8 Å². The number of hydrogen-bond donors (Lipinski definition) is 2. The summed E-state index contributed by atoms with van der Waals surface area (Å²) in [5, 5.41) is 3.06. The van der Waals surface area contributed by atoms with Crippen molar-refractivity contribution in [3.8, 4) is 0 Å². The number of sulfonamides is 1. The Morgan fingerprint density at radius 1 is 1.38 bits per heavy atom. The highest BCUT2D eigenvalue weighted by atomic mass is 35.5. The molecule has 0 radical (unpaired) electrons. The Labute approximate surface area is 135 Å². The van der Waals surface area contributed by atoms with E-state index < -0.39 is 16.0 Å². The van der Waals surface area contributed by atoms with E-state index >= 15 is 0 Å². The minimum atomic E-state index is -3.73. The third-order valence-electron chi connectivity index (χ3n) is 2.68. The van der Waals surface area contributed by atoms with E-state index in [9.17, 15) is 13.2 Å². The van der Waals surface area contributed by atoms with Crippen molar-refractivity contribution in [2.24, 2.45) is 0 Å². The molecule has 6 nitrogen and oxygen atoms in total. The fourth-order valence-electron chi connectivity index (χ4n) is 1.37. The SMILES string of the molecule is CNC(C)CNS(=O)(=O)c1cc(Cl)cc(C(=O)OC)c1.Cl. The van der Waals surface area contributed by atoms with Gasteiger partial charge in [0.15, 0.2) is 0 Å². The third kappa shape index (κ3) is 5.80. The molecule has 0 amide bonds. The van der Waals surface area contributed by atoms with Crippen LogP contribution < -0.4 is 10.0 Å². The first kappa shape index (κ1) is 20.1. The minimum Gasteiger partial charge on any atom is -0.465 e. The largest absolute Gasteiger partial charge is 0.465 e. The van der Waals surface area contributed by atoms with E-state index in [1.165, 1.54) is 25.3 Å². The lowest BCUT2D eigenvalue weighted by Crippen LogP contribution is -2.37. The lowest BCUT2D eigenvalue weighted by molar-refractivity contribution is 0.0600. The van der Waals surface area contributed by atoms with Crippen LogP contribution in [0.2, 0.25) is 5.02 Å². The molecule has 120 valence electrons. The summed E-state index contributed by atoms with van der Waals surface area (Å²) >= 11 is 5.83. The molecule has 0 aliphatic carbocycles. The van der Waals surface area contributed by atoms with Gasteiger partial charge in [0.1, 0.15) is 0 Å². The van der Waals surface area contributed by atoms with Crippen LogP contribution in [0.3, 0.4) is 0 Å². The molecule has 9 heteroatoms. The van der Waals surface area contributed by atoms with Gasteiger partial charge >= 0.3 is 5.97 Å². The van der Waals surface area contributed by atoms with E-state index in [0.717, 1.165) is 0 Å². The van der Waals surface area contributed by atoms with Gasteiger partial charge in [0.2, 0.25) is 10.0 Å². The monoisotopic (exact) mass is 356 g/mol. The second-order valence-corrected chi connectivity index (χ2v) is 6.41. The van der Waals surface area contributed by atoms with Gasteiger partial charge in [0.05, 0.1) is 17.6 Å². The number of nitrogens with one attached hydrogen (secondary N) is 2. The molecule has 0 saturated carbocycles. The first-order valence-electron chi connectivity index (χ1n) is 5.86. The summed E-state index contributed by atoms with van der Waals surface area (Å²) in [7, 11) is -0.792. The lowest BCUT2D eigenvalue weighted by atomic mass is 10.2. The summed E-state index contributed by atoms with van der Waals surface area (Å²) in [6, 6.07) is 3.83. The van der Waals surface area contributed by atoms with Gasteiger partial charge in [0, 0.05) is 17.6 Å². The lowest BCUT2D eigenvalue weighted by Gasteiger charge is -2.12. The molecule has 1 unspecified atom stereocenters. The number of likely N-dealkylation sites (N-methyl/N-ethyl adjacent to an activating group) is 1. The maximum Gasteiger partial charge on any atom is 0.337 e. The molecule has 0 aromatic heterocycles. The van der Waals surface area contributed by atoms with Gasteiger partial charge in [0.25, 0.3) is 0 Å². The summed E-state index contributed by atoms with van der Waals surface area (Å²) in [5.41, 5.74) is 0.0852. The second-order valence-electron chi connectivity index (χ2n) is 4.21. The highest BCUT2D eigenvalue weighted by Gasteiger charge is 2.18. The Bertz CT molecular complexity index is 593. The molecular weight excluding hydrogens is 339 g/mol. The van der Waals surface area contributed by atoms with Crippen molar-refractivity contribution in [1.29, 1.82) is 0 Å². The van der Waals surface area contributed by atoms with E-state index in [1.54, 1.807) is 7.05 Å². The summed E-state index contributed by atoms with van der Waals surface area (Å²) in [5.74, 6) is -0.646. The van der Waals surface area contributed by atoms with Gasteiger partial charge in [-0.3, -0.25) is 0 Å². The number of carbonyl (C=O) groups is 1. The maximum atomic E-state index is 12.1. The van der Waals surface area contributed by atoms with Crippen molar-refractivity contribution in [2.45, 2.75) is 17.9 Å². The van der Waals surface area contributed by atoms with Crippen molar-refractivity contribution in [1.82, 2.24) is 10.0 Å². The first-order chi connectivity index (χ1) is 9.30. The number of benzene rings is 1. The zero-order chi connectivity index (χ0) is 15.3. The molecule has 0 heterocycles. The van der Waals surface area contributed by atoms with Crippen LogP contribution in [0, 0.1) is 0 Å². The molecule has 21 heavy (non-hydrogen) atoms. The van der Waals surface area contributed by atoms with Gasteiger partial charge < -0.3 is 10.1 Å². The highest BCUT2D eigenvalue weighted by Crippen LogP contribution is 2.19. The molecule has 1 atom stereocenters. The summed E-state index contributed by atoms with van der Waals surface area (Å²) in [6.45, 7) is 2.05. The zero-order valence-corrected chi connectivity index (χ0v) is 14.2. The molecule has 2 N–H and O–H groups in total. The predicted octanol–water partition coefficient (Wildman–Crippen LogP) is 1.43. The van der Waals surface area contributed by atoms with Crippen LogP contribution in [-0.2, 0) is 14.8 Å². The van der Waals surface area contributed by atoms with E-state index in [0.29, 0.717) is 0 Å². The van der Waals surface area contributed by atoms with Crippen molar-refractivity contribution < 1.29 is 17.9 Å². The van der Waals surface area contributed by atoms with E-state index in [1.807, 2.05) is 6.92 Å². The average Bonchev–Trinajstić information content (AvgIpc) is 2.43. The van der Waals surface area contributed by atoms with Crippen LogP contribution in [-0.4, -0.2) is 41.1 Å². The summed E-state index contributed by atoms with van der Waals surface area (Å²) in [4.78, 5) is 11.4. The molecule has 0 fully saturated rings. The van der Waals surface area contributed by atoms with Crippen molar-refractivity contribution in [2.75, 3.05) is 20.7 Å². The maximum absolute atomic E-state index is 12.1. The number of esters is 1. The first-order valence-corrected chi connectivity index (χ1v) is 7.72. The van der Waals surface area contributed by atoms with Crippen LogP contribution in [0.5, 0.6) is 0 Å². The average molecular weight is 357 g/mol. The number of carbonyl (C=O) groups excluding carboxylic acids is 1. The predicted molar refractivity (Wildman–Crippen MR) is 83.7 cm³/mol. The van der Waals surface area contributed by atoms with Crippen molar-refractivity contribution in [3.63, 3.8) is 0 Å². The van der Waals surface area contributed by atoms with Gasteiger partial charge in [-0.1, -0.05) is 11.6 Å². The Kier molecular flexibility index (Phi) is 8.20. The molecule has 1 rings (SSSR count). The normalized spacial score (nSPS) is 12.4.